The second-order valence-corrected chi connectivity index (χ2v) is 11.7. The fourth-order valence-corrected chi connectivity index (χ4v) is 6.24. The molecule has 0 unspecified atom stereocenters. The van der Waals surface area contributed by atoms with Crippen molar-refractivity contribution in [2.45, 2.75) is 0 Å². The van der Waals surface area contributed by atoms with Crippen LogP contribution in [-0.4, -0.2) is 15.0 Å². The molecule has 0 bridgehead atoms. The molecule has 0 aliphatic carbocycles. The lowest BCUT2D eigenvalue weighted by Crippen LogP contribution is -2.00. The average Bonchev–Trinajstić information content (AvgIpc) is 3.62. The van der Waals surface area contributed by atoms with Gasteiger partial charge in [-0.1, -0.05) is 170 Å². The number of nitrogens with zero attached hydrogens (tertiary/aromatic N) is 3. The van der Waals surface area contributed by atoms with Gasteiger partial charge in [0, 0.05) is 27.5 Å². The van der Waals surface area contributed by atoms with Crippen LogP contribution < -0.4 is 0 Å². The molecule has 7 aromatic carbocycles. The summed E-state index contributed by atoms with van der Waals surface area (Å²) in [6, 6.07) is 46.3. The lowest BCUT2D eigenvalue weighted by molar-refractivity contribution is 0.670. The molecule has 4 nitrogen and oxygen atoms in total. The van der Waals surface area contributed by atoms with Gasteiger partial charge < -0.3 is 4.42 Å². The minimum Gasteiger partial charge on any atom is -0.455 e. The molecular formula is C45H29N3O. The molecule has 0 aliphatic rings. The van der Waals surface area contributed by atoms with E-state index in [4.69, 9.17) is 21.2 Å². The monoisotopic (exact) mass is 632 g/mol. The van der Waals surface area contributed by atoms with E-state index >= 15 is 0 Å². The van der Waals surface area contributed by atoms with Gasteiger partial charge in [0.25, 0.3) is 0 Å². The van der Waals surface area contributed by atoms with Crippen LogP contribution in [0.15, 0.2) is 180 Å². The molecule has 2 aromatic heterocycles. The Balaban J connectivity index is 1.15. The van der Waals surface area contributed by atoms with Gasteiger partial charge in [-0.05, 0) is 33.9 Å². The summed E-state index contributed by atoms with van der Waals surface area (Å²) in [5, 5.41) is 1.79. The fraction of sp³-hybridized carbons (Fsp3) is 0. The minimum absolute atomic E-state index is 0.0283. The van der Waals surface area contributed by atoms with Crippen molar-refractivity contribution in [3.05, 3.63) is 176 Å². The van der Waals surface area contributed by atoms with Crippen molar-refractivity contribution in [1.82, 2.24) is 15.0 Å². The number of hydrogen-bond acceptors (Lipinski definition) is 4. The first kappa shape index (κ1) is 23.6. The van der Waals surface area contributed by atoms with Crippen LogP contribution in [0.3, 0.4) is 0 Å². The molecule has 4 heteroatoms. The summed E-state index contributed by atoms with van der Waals surface area (Å²) in [4.78, 5) is 14.2. The van der Waals surface area contributed by atoms with E-state index in [1.165, 1.54) is 11.1 Å². The van der Waals surface area contributed by atoms with Crippen molar-refractivity contribution in [3.8, 4) is 67.5 Å². The van der Waals surface area contributed by atoms with E-state index in [1.807, 2.05) is 84.9 Å². The van der Waals surface area contributed by atoms with Crippen LogP contribution in [0.5, 0.6) is 0 Å². The standard InChI is InChI=1S/C45H29N3O/c1-4-12-30(13-5-1)31-22-24-32(25-23-31)33-26-28-34(29-27-33)37-18-10-19-38-39-20-11-21-40(42(39)49-41(37)38)45-47-43(35-14-6-2-7-15-35)46-44(48-45)36-16-8-3-9-17-36/h1-29H/i2D,6D,7D,14D,15D. The van der Waals surface area contributed by atoms with Gasteiger partial charge in [-0.25, -0.2) is 15.0 Å². The summed E-state index contributed by atoms with van der Waals surface area (Å²) in [6.07, 6.45) is 0. The Hall–Kier alpha value is -6.65. The zero-order valence-electron chi connectivity index (χ0n) is 31.1. The van der Waals surface area contributed by atoms with Crippen LogP contribution in [-0.2, 0) is 0 Å². The molecule has 0 amide bonds. The normalized spacial score (nSPS) is 12.7. The first-order chi connectivity index (χ1) is 26.4. The molecule has 0 atom stereocenters. The zero-order valence-corrected chi connectivity index (χ0v) is 26.1. The second-order valence-electron chi connectivity index (χ2n) is 11.7. The summed E-state index contributed by atoms with van der Waals surface area (Å²) >= 11 is 0. The molecular weight excluding hydrogens is 599 g/mol. The smallest absolute Gasteiger partial charge is 0.167 e. The van der Waals surface area contributed by atoms with Crippen molar-refractivity contribution < 1.29 is 11.3 Å². The van der Waals surface area contributed by atoms with Gasteiger partial charge in [0.1, 0.15) is 11.2 Å². The first-order valence-electron chi connectivity index (χ1n) is 18.5. The molecule has 0 spiro atoms. The van der Waals surface area contributed by atoms with Crippen LogP contribution in [0.2, 0.25) is 0 Å². The van der Waals surface area contributed by atoms with E-state index in [2.05, 4.69) is 65.6 Å². The Morgan fingerprint density at radius 1 is 0.347 bits per heavy atom. The summed E-state index contributed by atoms with van der Waals surface area (Å²) in [5.41, 5.74) is 8.96. The number of hydrogen-bond donors (Lipinski definition) is 0. The lowest BCUT2D eigenvalue weighted by atomic mass is 9.97. The summed E-state index contributed by atoms with van der Waals surface area (Å²) in [5.74, 6) is 0.518. The highest BCUT2D eigenvalue weighted by molar-refractivity contribution is 6.12. The van der Waals surface area contributed by atoms with Crippen LogP contribution in [0.25, 0.3) is 89.5 Å². The van der Waals surface area contributed by atoms with Gasteiger partial charge in [-0.15, -0.1) is 0 Å². The van der Waals surface area contributed by atoms with Crippen LogP contribution in [0, 0.1) is 0 Å². The Kier molecular flexibility index (Phi) is 5.87. The Labute approximate surface area is 291 Å². The van der Waals surface area contributed by atoms with Gasteiger partial charge in [0.15, 0.2) is 17.5 Å². The summed E-state index contributed by atoms with van der Waals surface area (Å²) in [6.45, 7) is 0. The van der Waals surface area contributed by atoms with Crippen LogP contribution in [0.1, 0.15) is 6.85 Å². The molecule has 0 aliphatic heterocycles. The van der Waals surface area contributed by atoms with E-state index in [0.717, 1.165) is 33.0 Å². The number of para-hydroxylation sites is 2. The third-order valence-electron chi connectivity index (χ3n) is 8.68. The third-order valence-corrected chi connectivity index (χ3v) is 8.68. The predicted molar refractivity (Wildman–Crippen MR) is 200 cm³/mol. The van der Waals surface area contributed by atoms with Crippen molar-refractivity contribution in [3.63, 3.8) is 0 Å². The number of furan rings is 1. The molecule has 9 rings (SSSR count). The van der Waals surface area contributed by atoms with E-state index in [1.54, 1.807) is 0 Å². The van der Waals surface area contributed by atoms with Crippen molar-refractivity contribution in [2.24, 2.45) is 0 Å². The number of fused-ring (bicyclic) bond motifs is 3. The zero-order chi connectivity index (χ0) is 36.9. The quantitative estimate of drug-likeness (QED) is 0.183. The maximum absolute atomic E-state index is 8.64. The largest absolute Gasteiger partial charge is 0.455 e. The molecule has 0 saturated carbocycles. The Morgan fingerprint density at radius 2 is 0.796 bits per heavy atom. The maximum Gasteiger partial charge on any atom is 0.167 e. The number of aromatic nitrogens is 3. The fourth-order valence-electron chi connectivity index (χ4n) is 6.24. The molecule has 0 fully saturated rings. The van der Waals surface area contributed by atoms with Crippen LogP contribution >= 0.6 is 0 Å². The topological polar surface area (TPSA) is 51.8 Å². The Bertz CT molecular complexity index is 2830. The van der Waals surface area contributed by atoms with Crippen molar-refractivity contribution in [1.29, 1.82) is 0 Å². The average molecular weight is 633 g/mol. The van der Waals surface area contributed by atoms with Gasteiger partial charge in [-0.3, -0.25) is 0 Å². The highest BCUT2D eigenvalue weighted by Gasteiger charge is 2.19. The molecule has 2 heterocycles. The van der Waals surface area contributed by atoms with E-state index < -0.39 is 18.1 Å². The SMILES string of the molecule is [2H]c1c([2H])c([2H])c(-c2nc(-c3ccccc3)nc(-c3cccc4c3oc3c(-c5ccc(-c6ccc(-c7ccccc7)cc6)cc5)cccc34)n2)c([2H])c1[2H]. The molecule has 49 heavy (non-hydrogen) atoms. The molecule has 0 N–H and O–H groups in total. The summed E-state index contributed by atoms with van der Waals surface area (Å²) < 4.78 is 48.7. The predicted octanol–water partition coefficient (Wildman–Crippen LogP) is 11.8. The Morgan fingerprint density at radius 3 is 1.39 bits per heavy atom. The minimum atomic E-state index is -0.485. The van der Waals surface area contributed by atoms with Crippen molar-refractivity contribution in [2.75, 3.05) is 0 Å². The number of benzene rings is 7. The first-order valence-corrected chi connectivity index (χ1v) is 16.0. The second kappa shape index (κ2) is 12.2. The molecule has 0 radical (unpaired) electrons. The van der Waals surface area contributed by atoms with Gasteiger partial charge in [-0.2, -0.15) is 0 Å². The van der Waals surface area contributed by atoms with Gasteiger partial charge in [0.05, 0.1) is 12.4 Å². The molecule has 0 saturated heterocycles. The molecule has 230 valence electrons. The van der Waals surface area contributed by atoms with E-state index in [0.29, 0.717) is 28.1 Å². The van der Waals surface area contributed by atoms with Gasteiger partial charge >= 0.3 is 0 Å². The lowest BCUT2D eigenvalue weighted by Gasteiger charge is -2.08. The third kappa shape index (κ3) is 5.35. The summed E-state index contributed by atoms with van der Waals surface area (Å²) in [7, 11) is 0. The highest BCUT2D eigenvalue weighted by atomic mass is 16.3. The van der Waals surface area contributed by atoms with Crippen LogP contribution in [0.4, 0.5) is 0 Å². The van der Waals surface area contributed by atoms with Gasteiger partial charge in [0.2, 0.25) is 0 Å². The maximum atomic E-state index is 8.64. The van der Waals surface area contributed by atoms with E-state index in [9.17, 15) is 0 Å². The van der Waals surface area contributed by atoms with E-state index in [-0.39, 0.29) is 29.3 Å². The molecule has 9 aromatic rings. The van der Waals surface area contributed by atoms with Crippen molar-refractivity contribution >= 4 is 21.9 Å². The number of rotatable bonds is 6. The highest BCUT2D eigenvalue weighted by Crippen LogP contribution is 2.40.